The highest BCUT2D eigenvalue weighted by molar-refractivity contribution is 5.76. The molecule has 0 unspecified atom stereocenters. The molecule has 0 saturated carbocycles. The molecule has 0 atom stereocenters. The van der Waals surface area contributed by atoms with E-state index in [0.29, 0.717) is 45.7 Å². The minimum absolute atomic E-state index is 0.0682. The molecular weight excluding hydrogens is 306 g/mol. The van der Waals surface area contributed by atoms with Crippen molar-refractivity contribution in [3.8, 4) is 0 Å². The van der Waals surface area contributed by atoms with Gasteiger partial charge in [0.05, 0.1) is 46.1 Å². The van der Waals surface area contributed by atoms with Gasteiger partial charge in [0, 0.05) is 23.4 Å². The monoisotopic (exact) mass is 331 g/mol. The smallest absolute Gasteiger partial charge is 0.288 e. The standard InChI is InChI=1S/C15H25NO7/c1-2-15(11-21-8-3-6-17,12-22-9-4-7-18)13-23-10-5-14(19)16-20/h6-7H,2-5,8-13H2,1H3. The van der Waals surface area contributed by atoms with E-state index in [9.17, 15) is 19.3 Å². The van der Waals surface area contributed by atoms with Crippen LogP contribution < -0.4 is 0 Å². The number of ether oxygens (including phenoxy) is 3. The number of carbonyl (C=O) groups excluding carboxylic acids is 3. The summed E-state index contributed by atoms with van der Waals surface area (Å²) in [5.74, 6) is -0.753. The van der Waals surface area contributed by atoms with Gasteiger partial charge in [0.1, 0.15) is 12.6 Å². The third-order valence-electron chi connectivity index (χ3n) is 3.30. The molecule has 8 nitrogen and oxygen atoms in total. The van der Waals surface area contributed by atoms with Crippen LogP contribution in [0, 0.1) is 10.3 Å². The molecule has 0 aromatic heterocycles. The predicted molar refractivity (Wildman–Crippen MR) is 82.0 cm³/mol. The van der Waals surface area contributed by atoms with Crippen LogP contribution in [0.4, 0.5) is 0 Å². The highest BCUT2D eigenvalue weighted by Gasteiger charge is 2.29. The van der Waals surface area contributed by atoms with E-state index in [0.717, 1.165) is 12.6 Å². The van der Waals surface area contributed by atoms with E-state index in [1.807, 2.05) is 6.92 Å². The van der Waals surface area contributed by atoms with Gasteiger partial charge in [-0.1, -0.05) is 6.92 Å². The van der Waals surface area contributed by atoms with Crippen molar-refractivity contribution in [3.63, 3.8) is 0 Å². The SMILES string of the molecule is CCC(COCCC=O)(COCCC=O)COCCC(=O)N=O. The summed E-state index contributed by atoms with van der Waals surface area (Å²) in [6.45, 7) is 3.61. The molecule has 0 aromatic rings. The molecule has 0 radical (unpaired) electrons. The van der Waals surface area contributed by atoms with Crippen molar-refractivity contribution in [3.05, 3.63) is 4.91 Å². The summed E-state index contributed by atoms with van der Waals surface area (Å²) in [5.41, 5.74) is -0.441. The van der Waals surface area contributed by atoms with Crippen molar-refractivity contribution >= 4 is 18.5 Å². The summed E-state index contributed by atoms with van der Waals surface area (Å²) >= 11 is 0. The summed E-state index contributed by atoms with van der Waals surface area (Å²) in [5, 5.41) is 2.30. The average molecular weight is 331 g/mol. The maximum absolute atomic E-state index is 10.8. The molecule has 0 aliphatic rings. The highest BCUT2D eigenvalue weighted by atomic mass is 16.5. The van der Waals surface area contributed by atoms with E-state index < -0.39 is 11.3 Å². The molecule has 0 rings (SSSR count). The van der Waals surface area contributed by atoms with E-state index in [4.69, 9.17) is 14.2 Å². The maximum atomic E-state index is 10.8. The fourth-order valence-corrected chi connectivity index (χ4v) is 1.77. The van der Waals surface area contributed by atoms with Crippen molar-refractivity contribution in [1.82, 2.24) is 0 Å². The van der Waals surface area contributed by atoms with E-state index in [-0.39, 0.29) is 19.6 Å². The van der Waals surface area contributed by atoms with Gasteiger partial charge in [-0.25, -0.2) is 0 Å². The molecule has 0 saturated heterocycles. The van der Waals surface area contributed by atoms with Gasteiger partial charge in [0.15, 0.2) is 0 Å². The number of amides is 1. The fourth-order valence-electron chi connectivity index (χ4n) is 1.77. The Kier molecular flexibility index (Phi) is 13.2. The molecular formula is C15H25NO7. The molecule has 0 aliphatic carbocycles. The highest BCUT2D eigenvalue weighted by Crippen LogP contribution is 2.24. The third kappa shape index (κ3) is 10.8. The second kappa shape index (κ2) is 14.1. The number of aldehydes is 2. The fraction of sp³-hybridized carbons (Fsp3) is 0.800. The Bertz CT molecular complexity index is 344. The lowest BCUT2D eigenvalue weighted by Gasteiger charge is -2.32. The first-order valence-electron chi connectivity index (χ1n) is 7.61. The summed E-state index contributed by atoms with van der Waals surface area (Å²) in [6, 6.07) is 0. The number of hydrogen-bond donors (Lipinski definition) is 0. The van der Waals surface area contributed by atoms with Crippen molar-refractivity contribution < 1.29 is 28.6 Å². The minimum atomic E-state index is -0.753. The lowest BCUT2D eigenvalue weighted by Crippen LogP contribution is -2.37. The normalized spacial score (nSPS) is 11.2. The summed E-state index contributed by atoms with van der Waals surface area (Å²) in [7, 11) is 0. The Morgan fingerprint density at radius 2 is 1.43 bits per heavy atom. The molecule has 1 amide bonds. The van der Waals surface area contributed by atoms with Crippen LogP contribution in [-0.4, -0.2) is 58.1 Å². The Labute approximate surface area is 135 Å². The number of carbonyl (C=O) groups is 3. The van der Waals surface area contributed by atoms with Gasteiger partial charge in [0.2, 0.25) is 0 Å². The number of hydrogen-bond acceptors (Lipinski definition) is 7. The second-order valence-corrected chi connectivity index (χ2v) is 5.16. The maximum Gasteiger partial charge on any atom is 0.288 e. The average Bonchev–Trinajstić information content (AvgIpc) is 2.58. The zero-order valence-electron chi connectivity index (χ0n) is 13.5. The molecule has 0 aliphatic heterocycles. The first-order valence-corrected chi connectivity index (χ1v) is 7.61. The molecule has 0 spiro atoms. The zero-order valence-corrected chi connectivity index (χ0v) is 13.5. The van der Waals surface area contributed by atoms with E-state index in [1.165, 1.54) is 0 Å². The Morgan fingerprint density at radius 1 is 0.957 bits per heavy atom. The molecule has 8 heteroatoms. The van der Waals surface area contributed by atoms with Gasteiger partial charge >= 0.3 is 0 Å². The largest absolute Gasteiger partial charge is 0.380 e. The minimum Gasteiger partial charge on any atom is -0.380 e. The first-order chi connectivity index (χ1) is 11.1. The van der Waals surface area contributed by atoms with Crippen LogP contribution in [-0.2, 0) is 28.6 Å². The van der Waals surface area contributed by atoms with E-state index in [2.05, 4.69) is 5.18 Å². The molecule has 132 valence electrons. The summed E-state index contributed by atoms with van der Waals surface area (Å²) in [6.07, 6.45) is 2.81. The van der Waals surface area contributed by atoms with Gasteiger partial charge in [0.25, 0.3) is 5.91 Å². The van der Waals surface area contributed by atoms with Crippen LogP contribution in [0.1, 0.15) is 32.6 Å². The van der Waals surface area contributed by atoms with Crippen molar-refractivity contribution in [2.24, 2.45) is 10.6 Å². The number of rotatable bonds is 16. The Hall–Kier alpha value is -1.51. The third-order valence-corrected chi connectivity index (χ3v) is 3.30. The summed E-state index contributed by atoms with van der Waals surface area (Å²) in [4.78, 5) is 41.5. The Morgan fingerprint density at radius 3 is 1.83 bits per heavy atom. The van der Waals surface area contributed by atoms with Gasteiger partial charge in [-0.2, -0.15) is 0 Å². The molecule has 0 bridgehead atoms. The number of nitrogens with zero attached hydrogens (tertiary/aromatic N) is 1. The van der Waals surface area contributed by atoms with Crippen molar-refractivity contribution in [2.45, 2.75) is 32.6 Å². The van der Waals surface area contributed by atoms with Gasteiger partial charge < -0.3 is 23.8 Å². The lowest BCUT2D eigenvalue weighted by molar-refractivity contribution is -0.120. The number of nitroso groups, excluding NO2 is 1. The van der Waals surface area contributed by atoms with Gasteiger partial charge in [-0.05, 0) is 6.42 Å². The quantitative estimate of drug-likeness (QED) is 0.238. The van der Waals surface area contributed by atoms with Crippen LogP contribution in [0.25, 0.3) is 0 Å². The second-order valence-electron chi connectivity index (χ2n) is 5.16. The lowest BCUT2D eigenvalue weighted by atomic mass is 9.88. The molecule has 0 heterocycles. The van der Waals surface area contributed by atoms with Gasteiger partial charge in [-0.15, -0.1) is 4.91 Å². The molecule has 0 N–H and O–H groups in total. The first kappa shape index (κ1) is 21.5. The van der Waals surface area contributed by atoms with Crippen LogP contribution in [0.15, 0.2) is 5.18 Å². The van der Waals surface area contributed by atoms with Crippen LogP contribution >= 0.6 is 0 Å². The molecule has 23 heavy (non-hydrogen) atoms. The van der Waals surface area contributed by atoms with E-state index >= 15 is 0 Å². The molecule has 0 fully saturated rings. The Balaban J connectivity index is 4.39. The predicted octanol–water partition coefficient (Wildman–Crippen LogP) is 1.29. The topological polar surface area (TPSA) is 108 Å². The van der Waals surface area contributed by atoms with Gasteiger partial charge in [-0.3, -0.25) is 4.79 Å². The van der Waals surface area contributed by atoms with Crippen LogP contribution in [0.5, 0.6) is 0 Å². The van der Waals surface area contributed by atoms with Crippen LogP contribution in [0.3, 0.4) is 0 Å². The zero-order chi connectivity index (χ0) is 17.4. The van der Waals surface area contributed by atoms with Crippen molar-refractivity contribution in [1.29, 1.82) is 0 Å². The van der Waals surface area contributed by atoms with E-state index in [1.54, 1.807) is 0 Å². The molecule has 0 aromatic carbocycles. The van der Waals surface area contributed by atoms with Crippen molar-refractivity contribution in [2.75, 3.05) is 39.6 Å². The summed E-state index contributed by atoms with van der Waals surface area (Å²) < 4.78 is 16.4. The van der Waals surface area contributed by atoms with Crippen LogP contribution in [0.2, 0.25) is 0 Å².